The van der Waals surface area contributed by atoms with Gasteiger partial charge in [-0.25, -0.2) is 13.2 Å². The molecule has 1 amide bonds. The topological polar surface area (TPSA) is 126 Å². The number of rotatable bonds is 8. The standard InChI is InChI=1S/C31H37N3O7S/c1-5-39-29(35)21-42(37,38)34-25(10-9-22-7-6-8-23(17-22)20-32)18-24-19-27(11-12-28(24)34)40-26-13-15-33(16-14-26)30(36)41-31(2,3)4/h6-12,17,19,25-26H,5,13-16,18,21H2,1-4H3/b10-9+. The predicted molar refractivity (Wildman–Crippen MR) is 158 cm³/mol. The molecule has 0 spiro atoms. The molecule has 2 aliphatic heterocycles. The van der Waals surface area contributed by atoms with Gasteiger partial charge < -0.3 is 19.1 Å². The number of hydrogen-bond donors (Lipinski definition) is 0. The lowest BCUT2D eigenvalue weighted by Gasteiger charge is -2.33. The number of hydrogen-bond acceptors (Lipinski definition) is 8. The highest BCUT2D eigenvalue weighted by Gasteiger charge is 2.38. The van der Waals surface area contributed by atoms with Crippen LogP contribution >= 0.6 is 0 Å². The highest BCUT2D eigenvalue weighted by Crippen LogP contribution is 2.38. The van der Waals surface area contributed by atoms with Gasteiger partial charge in [-0.2, -0.15) is 5.26 Å². The van der Waals surface area contributed by atoms with Crippen molar-refractivity contribution in [1.29, 1.82) is 5.26 Å². The van der Waals surface area contributed by atoms with E-state index in [4.69, 9.17) is 14.2 Å². The smallest absolute Gasteiger partial charge is 0.410 e. The molecule has 2 aromatic rings. The van der Waals surface area contributed by atoms with E-state index >= 15 is 0 Å². The minimum Gasteiger partial charge on any atom is -0.490 e. The molecule has 224 valence electrons. The molecule has 0 saturated carbocycles. The molecular formula is C31H37N3O7S. The molecule has 10 nitrogen and oxygen atoms in total. The fourth-order valence-corrected chi connectivity index (χ4v) is 6.59. The summed E-state index contributed by atoms with van der Waals surface area (Å²) in [6, 6.07) is 13.8. The zero-order valence-corrected chi connectivity index (χ0v) is 25.2. The van der Waals surface area contributed by atoms with E-state index in [2.05, 4.69) is 6.07 Å². The van der Waals surface area contributed by atoms with Crippen molar-refractivity contribution in [2.24, 2.45) is 0 Å². The number of esters is 1. The summed E-state index contributed by atoms with van der Waals surface area (Å²) in [6.45, 7) is 8.26. The van der Waals surface area contributed by atoms with Crippen LogP contribution in [0, 0.1) is 11.3 Å². The van der Waals surface area contributed by atoms with E-state index in [0.29, 0.717) is 49.4 Å². The molecule has 0 N–H and O–H groups in total. The molecule has 0 aromatic heterocycles. The second kappa shape index (κ2) is 12.9. The number of nitriles is 1. The molecule has 1 fully saturated rings. The van der Waals surface area contributed by atoms with Gasteiger partial charge in [-0.1, -0.05) is 24.3 Å². The average Bonchev–Trinajstić information content (AvgIpc) is 3.30. The van der Waals surface area contributed by atoms with Crippen molar-refractivity contribution in [3.05, 3.63) is 65.2 Å². The summed E-state index contributed by atoms with van der Waals surface area (Å²) in [5.41, 5.74) is 1.95. The molecule has 1 atom stereocenters. The first-order valence-corrected chi connectivity index (χ1v) is 15.6. The van der Waals surface area contributed by atoms with Crippen LogP contribution in [-0.2, 0) is 30.7 Å². The van der Waals surface area contributed by atoms with E-state index in [-0.39, 0.29) is 18.8 Å². The summed E-state index contributed by atoms with van der Waals surface area (Å²) in [7, 11) is -4.06. The molecule has 0 aliphatic carbocycles. The van der Waals surface area contributed by atoms with E-state index < -0.39 is 33.4 Å². The van der Waals surface area contributed by atoms with Crippen LogP contribution in [0.15, 0.2) is 48.5 Å². The van der Waals surface area contributed by atoms with Crippen molar-refractivity contribution in [1.82, 2.24) is 4.90 Å². The Morgan fingerprint density at radius 1 is 1.12 bits per heavy atom. The number of amides is 1. The normalized spacial score (nSPS) is 17.5. The summed E-state index contributed by atoms with van der Waals surface area (Å²) in [5.74, 6) is -0.977. The maximum atomic E-state index is 13.5. The van der Waals surface area contributed by atoms with Crippen molar-refractivity contribution in [3.63, 3.8) is 0 Å². The van der Waals surface area contributed by atoms with E-state index in [9.17, 15) is 23.3 Å². The van der Waals surface area contributed by atoms with Gasteiger partial charge in [-0.3, -0.25) is 9.10 Å². The number of fused-ring (bicyclic) bond motifs is 1. The van der Waals surface area contributed by atoms with Crippen molar-refractivity contribution < 1.29 is 32.2 Å². The molecule has 42 heavy (non-hydrogen) atoms. The van der Waals surface area contributed by atoms with Gasteiger partial charge in [-0.05, 0) is 75.6 Å². The molecule has 0 radical (unpaired) electrons. The van der Waals surface area contributed by atoms with Crippen LogP contribution in [0.25, 0.3) is 6.08 Å². The van der Waals surface area contributed by atoms with Crippen LogP contribution in [0.3, 0.4) is 0 Å². The van der Waals surface area contributed by atoms with E-state index in [1.54, 1.807) is 54.3 Å². The first-order chi connectivity index (χ1) is 19.9. The first kappa shape index (κ1) is 30.9. The Morgan fingerprint density at radius 2 is 1.86 bits per heavy atom. The van der Waals surface area contributed by atoms with Crippen LogP contribution in [0.1, 0.15) is 57.2 Å². The lowest BCUT2D eigenvalue weighted by Crippen LogP contribution is -2.44. The van der Waals surface area contributed by atoms with Crippen molar-refractivity contribution >= 4 is 33.8 Å². The lowest BCUT2D eigenvalue weighted by molar-refractivity contribution is -0.139. The van der Waals surface area contributed by atoms with E-state index in [1.807, 2.05) is 32.9 Å². The lowest BCUT2D eigenvalue weighted by atomic mass is 10.1. The summed E-state index contributed by atoms with van der Waals surface area (Å²) in [4.78, 5) is 26.2. The van der Waals surface area contributed by atoms with Gasteiger partial charge in [0.2, 0.25) is 10.0 Å². The Kier molecular flexibility index (Phi) is 9.46. The second-order valence-corrected chi connectivity index (χ2v) is 13.1. The Hall–Kier alpha value is -4.04. The first-order valence-electron chi connectivity index (χ1n) is 14.0. The van der Waals surface area contributed by atoms with Crippen molar-refractivity contribution in [2.45, 2.75) is 64.7 Å². The molecule has 2 aliphatic rings. The van der Waals surface area contributed by atoms with Gasteiger partial charge in [0.15, 0.2) is 5.75 Å². The number of carbonyl (C=O) groups is 2. The number of nitrogens with zero attached hydrogens (tertiary/aromatic N) is 3. The average molecular weight is 596 g/mol. The number of ether oxygens (including phenoxy) is 3. The summed E-state index contributed by atoms with van der Waals surface area (Å²) in [5, 5.41) is 9.22. The Labute approximate surface area is 247 Å². The molecule has 2 heterocycles. The highest BCUT2D eigenvalue weighted by atomic mass is 32.2. The molecule has 1 saturated heterocycles. The minimum absolute atomic E-state index is 0.0842. The maximum absolute atomic E-state index is 13.5. The fraction of sp³-hybridized carbons (Fsp3) is 0.452. The second-order valence-electron chi connectivity index (χ2n) is 11.3. The SMILES string of the molecule is CCOC(=O)CS(=O)(=O)N1c2ccc(OC3CCN(C(=O)OC(C)(C)C)CC3)cc2CC1/C=C/c1cccc(C#N)c1. The number of piperidine rings is 1. The predicted octanol–water partition coefficient (Wildman–Crippen LogP) is 4.67. The van der Waals surface area contributed by atoms with Crippen LogP contribution in [0.4, 0.5) is 10.5 Å². The van der Waals surface area contributed by atoms with Gasteiger partial charge in [0, 0.05) is 25.9 Å². The third kappa shape index (κ3) is 7.82. The van der Waals surface area contributed by atoms with Crippen molar-refractivity contribution in [3.8, 4) is 11.8 Å². The van der Waals surface area contributed by atoms with Gasteiger partial charge in [0.1, 0.15) is 17.5 Å². The largest absolute Gasteiger partial charge is 0.490 e. The van der Waals surface area contributed by atoms with Crippen LogP contribution in [0.2, 0.25) is 0 Å². The monoisotopic (exact) mass is 595 g/mol. The van der Waals surface area contributed by atoms with Gasteiger partial charge in [0.25, 0.3) is 0 Å². The third-order valence-electron chi connectivity index (χ3n) is 6.85. The summed E-state index contributed by atoms with van der Waals surface area (Å²) < 4.78 is 44.8. The van der Waals surface area contributed by atoms with Gasteiger partial charge in [0.05, 0.1) is 30.0 Å². The Bertz CT molecular complexity index is 1480. The molecule has 4 rings (SSSR count). The van der Waals surface area contributed by atoms with Gasteiger partial charge in [-0.15, -0.1) is 0 Å². The number of likely N-dealkylation sites (tertiary alicyclic amines) is 1. The molecular weight excluding hydrogens is 558 g/mol. The Balaban J connectivity index is 1.51. The van der Waals surface area contributed by atoms with Gasteiger partial charge >= 0.3 is 12.1 Å². The Morgan fingerprint density at radius 3 is 2.52 bits per heavy atom. The minimum atomic E-state index is -4.06. The van der Waals surface area contributed by atoms with E-state index in [1.165, 1.54) is 4.31 Å². The van der Waals surface area contributed by atoms with Crippen LogP contribution in [-0.4, -0.2) is 68.6 Å². The van der Waals surface area contributed by atoms with Crippen molar-refractivity contribution in [2.75, 3.05) is 29.8 Å². The number of anilines is 1. The molecule has 2 aromatic carbocycles. The van der Waals surface area contributed by atoms with E-state index in [0.717, 1.165) is 11.1 Å². The number of benzene rings is 2. The van der Waals surface area contributed by atoms with Crippen LogP contribution in [0.5, 0.6) is 5.75 Å². The highest BCUT2D eigenvalue weighted by molar-refractivity contribution is 7.93. The number of sulfonamides is 1. The molecule has 1 unspecified atom stereocenters. The van der Waals surface area contributed by atoms with Crippen LogP contribution < -0.4 is 9.04 Å². The zero-order valence-electron chi connectivity index (χ0n) is 24.4. The molecule has 0 bridgehead atoms. The summed E-state index contributed by atoms with van der Waals surface area (Å²) in [6.07, 6.45) is 4.77. The number of carbonyl (C=O) groups excluding carboxylic acids is 2. The third-order valence-corrected chi connectivity index (χ3v) is 8.51. The zero-order chi connectivity index (χ0) is 30.5. The maximum Gasteiger partial charge on any atom is 0.410 e. The fourth-order valence-electron chi connectivity index (χ4n) is 5.03. The summed E-state index contributed by atoms with van der Waals surface area (Å²) >= 11 is 0. The quantitative estimate of drug-likeness (QED) is 0.403. The molecule has 11 heteroatoms.